The van der Waals surface area contributed by atoms with Crippen molar-refractivity contribution < 1.29 is 23.1 Å². The van der Waals surface area contributed by atoms with Gasteiger partial charge in [0.2, 0.25) is 0 Å². The molecule has 0 heterocycles. The number of aromatic hydroxyl groups is 1. The number of phenols is 1. The Morgan fingerprint density at radius 3 is 2.33 bits per heavy atom. The molecule has 1 unspecified atom stereocenters. The summed E-state index contributed by atoms with van der Waals surface area (Å²) in [4.78, 5) is 13.1. The fourth-order valence-corrected chi connectivity index (χ4v) is 1.57. The maximum atomic E-state index is 12.8. The molecule has 0 saturated heterocycles. The lowest BCUT2D eigenvalue weighted by atomic mass is 9.96. The molecule has 1 aromatic carbocycles. The van der Waals surface area contributed by atoms with Crippen LogP contribution in [-0.4, -0.2) is 42.6 Å². The molecule has 0 aliphatic heterocycles. The van der Waals surface area contributed by atoms with Crippen LogP contribution in [-0.2, 0) is 0 Å². The van der Waals surface area contributed by atoms with Gasteiger partial charge in [0.15, 0.2) is 5.78 Å². The van der Waals surface area contributed by atoms with E-state index >= 15 is 0 Å². The highest BCUT2D eigenvalue weighted by Gasteiger charge is 2.45. The summed E-state index contributed by atoms with van der Waals surface area (Å²) in [5, 5.41) is 9.43. The van der Waals surface area contributed by atoms with Crippen LogP contribution in [0, 0.1) is 5.92 Å². The van der Waals surface area contributed by atoms with Gasteiger partial charge in [0.25, 0.3) is 0 Å². The smallest absolute Gasteiger partial charge is 0.400 e. The number of hydrogen-bond acceptors (Lipinski definition) is 3. The molecule has 1 atom stereocenters. The number of benzene rings is 1. The second-order valence-corrected chi connectivity index (χ2v) is 4.24. The summed E-state index contributed by atoms with van der Waals surface area (Å²) in [6.45, 7) is -0.448. The summed E-state index contributed by atoms with van der Waals surface area (Å²) < 4.78 is 38.5. The van der Waals surface area contributed by atoms with Crippen molar-refractivity contribution >= 4 is 5.78 Å². The molecule has 0 amide bonds. The number of para-hydroxylation sites is 1. The first-order valence-electron chi connectivity index (χ1n) is 5.27. The van der Waals surface area contributed by atoms with Crippen LogP contribution in [0.1, 0.15) is 10.4 Å². The van der Waals surface area contributed by atoms with Crippen molar-refractivity contribution in [1.82, 2.24) is 4.90 Å². The Morgan fingerprint density at radius 1 is 1.33 bits per heavy atom. The van der Waals surface area contributed by atoms with E-state index in [2.05, 4.69) is 0 Å². The Kier molecular flexibility index (Phi) is 4.34. The molecule has 1 rings (SSSR count). The minimum atomic E-state index is -4.64. The van der Waals surface area contributed by atoms with Crippen LogP contribution in [0.15, 0.2) is 24.3 Å². The van der Waals surface area contributed by atoms with Crippen molar-refractivity contribution in [3.63, 3.8) is 0 Å². The van der Waals surface area contributed by atoms with E-state index in [-0.39, 0.29) is 5.56 Å². The molecule has 0 radical (unpaired) electrons. The van der Waals surface area contributed by atoms with Crippen LogP contribution < -0.4 is 0 Å². The molecule has 0 aromatic heterocycles. The third-order valence-corrected chi connectivity index (χ3v) is 2.43. The Labute approximate surface area is 103 Å². The number of nitrogens with zero attached hydrogens (tertiary/aromatic N) is 1. The van der Waals surface area contributed by atoms with Gasteiger partial charge in [-0.15, -0.1) is 0 Å². The summed E-state index contributed by atoms with van der Waals surface area (Å²) in [6.07, 6.45) is -4.64. The van der Waals surface area contributed by atoms with E-state index in [0.29, 0.717) is 0 Å². The fraction of sp³-hybridized carbons (Fsp3) is 0.417. The Bertz CT molecular complexity index is 430. The maximum absolute atomic E-state index is 12.8. The molecular weight excluding hydrogens is 247 g/mol. The van der Waals surface area contributed by atoms with Crippen LogP contribution in [0.5, 0.6) is 5.75 Å². The van der Waals surface area contributed by atoms with Gasteiger partial charge < -0.3 is 10.0 Å². The second-order valence-electron chi connectivity index (χ2n) is 4.24. The number of carbonyl (C=O) groups is 1. The number of Topliss-reactive ketones (excluding diaryl/α,β-unsaturated/α-hetero) is 1. The lowest BCUT2D eigenvalue weighted by molar-refractivity contribution is -0.163. The molecular formula is C12H14F3NO2. The van der Waals surface area contributed by atoms with Gasteiger partial charge in [0, 0.05) is 6.54 Å². The fourth-order valence-electron chi connectivity index (χ4n) is 1.57. The predicted molar refractivity (Wildman–Crippen MR) is 60.5 cm³/mol. The number of rotatable bonds is 4. The standard InChI is InChI=1S/C12H14F3NO2/c1-16(2)7-9(12(13,14)15)11(18)8-5-3-4-6-10(8)17/h3-6,9,17H,7H2,1-2H3. The maximum Gasteiger partial charge on any atom is 0.400 e. The molecule has 0 fully saturated rings. The molecule has 0 aliphatic rings. The molecule has 100 valence electrons. The predicted octanol–water partition coefficient (Wildman–Crippen LogP) is 2.32. The molecule has 18 heavy (non-hydrogen) atoms. The highest BCUT2D eigenvalue weighted by Crippen LogP contribution is 2.31. The summed E-state index contributed by atoms with van der Waals surface area (Å²) in [7, 11) is 2.91. The van der Waals surface area contributed by atoms with Crippen LogP contribution in [0.25, 0.3) is 0 Å². The number of halogens is 3. The van der Waals surface area contributed by atoms with Crippen LogP contribution in [0.2, 0.25) is 0 Å². The average molecular weight is 261 g/mol. The van der Waals surface area contributed by atoms with Gasteiger partial charge in [0.1, 0.15) is 11.7 Å². The van der Waals surface area contributed by atoms with Crippen molar-refractivity contribution in [2.24, 2.45) is 5.92 Å². The van der Waals surface area contributed by atoms with Gasteiger partial charge in [-0.05, 0) is 26.2 Å². The second kappa shape index (κ2) is 5.39. The molecule has 1 aromatic rings. The van der Waals surface area contributed by atoms with Crippen LogP contribution in [0.3, 0.4) is 0 Å². The molecule has 1 N–H and O–H groups in total. The van der Waals surface area contributed by atoms with Crippen LogP contribution >= 0.6 is 0 Å². The molecule has 0 bridgehead atoms. The van der Waals surface area contributed by atoms with Gasteiger partial charge >= 0.3 is 6.18 Å². The third kappa shape index (κ3) is 3.46. The summed E-state index contributed by atoms with van der Waals surface area (Å²) in [5.41, 5.74) is -0.304. The van der Waals surface area contributed by atoms with E-state index < -0.39 is 30.2 Å². The lowest BCUT2D eigenvalue weighted by Gasteiger charge is -2.22. The third-order valence-electron chi connectivity index (χ3n) is 2.43. The number of alkyl halides is 3. The highest BCUT2D eigenvalue weighted by molar-refractivity contribution is 6.00. The normalized spacial score (nSPS) is 13.7. The Hall–Kier alpha value is -1.56. The molecule has 6 heteroatoms. The van der Waals surface area contributed by atoms with E-state index in [0.717, 1.165) is 0 Å². The molecule has 0 saturated carbocycles. The first-order chi connectivity index (χ1) is 8.23. The van der Waals surface area contributed by atoms with Crippen molar-refractivity contribution in [3.8, 4) is 5.75 Å². The summed E-state index contributed by atoms with van der Waals surface area (Å²) in [6, 6.07) is 5.24. The van der Waals surface area contributed by atoms with E-state index in [4.69, 9.17) is 0 Å². The van der Waals surface area contributed by atoms with Gasteiger partial charge in [0.05, 0.1) is 5.56 Å². The van der Waals surface area contributed by atoms with Crippen molar-refractivity contribution in [2.45, 2.75) is 6.18 Å². The number of hydrogen-bond donors (Lipinski definition) is 1. The van der Waals surface area contributed by atoms with Crippen molar-refractivity contribution in [1.29, 1.82) is 0 Å². The van der Waals surface area contributed by atoms with Gasteiger partial charge in [-0.1, -0.05) is 12.1 Å². The zero-order valence-corrected chi connectivity index (χ0v) is 10.0. The van der Waals surface area contributed by atoms with E-state index in [9.17, 15) is 23.1 Å². The first-order valence-corrected chi connectivity index (χ1v) is 5.27. The van der Waals surface area contributed by atoms with Gasteiger partial charge in [-0.25, -0.2) is 0 Å². The lowest BCUT2D eigenvalue weighted by Crippen LogP contribution is -2.38. The molecule has 0 spiro atoms. The highest BCUT2D eigenvalue weighted by atomic mass is 19.4. The van der Waals surface area contributed by atoms with Crippen molar-refractivity contribution in [2.75, 3.05) is 20.6 Å². The van der Waals surface area contributed by atoms with E-state index in [1.54, 1.807) is 0 Å². The van der Waals surface area contributed by atoms with Crippen molar-refractivity contribution in [3.05, 3.63) is 29.8 Å². The van der Waals surface area contributed by atoms with E-state index in [1.807, 2.05) is 0 Å². The number of phenolic OH excluding ortho intramolecular Hbond substituents is 1. The minimum Gasteiger partial charge on any atom is -0.507 e. The largest absolute Gasteiger partial charge is 0.507 e. The zero-order valence-electron chi connectivity index (χ0n) is 10.0. The zero-order chi connectivity index (χ0) is 13.9. The topological polar surface area (TPSA) is 40.5 Å². The number of carbonyl (C=O) groups excluding carboxylic acids is 1. The Balaban J connectivity index is 3.07. The first kappa shape index (κ1) is 14.5. The molecule has 3 nitrogen and oxygen atoms in total. The van der Waals surface area contributed by atoms with E-state index in [1.165, 1.54) is 43.3 Å². The Morgan fingerprint density at radius 2 is 1.89 bits per heavy atom. The monoisotopic (exact) mass is 261 g/mol. The van der Waals surface area contributed by atoms with Gasteiger partial charge in [-0.3, -0.25) is 4.79 Å². The minimum absolute atomic E-state index is 0.304. The summed E-state index contributed by atoms with van der Waals surface area (Å²) >= 11 is 0. The average Bonchev–Trinajstić information content (AvgIpc) is 2.24. The van der Waals surface area contributed by atoms with Crippen LogP contribution in [0.4, 0.5) is 13.2 Å². The SMILES string of the molecule is CN(C)CC(C(=O)c1ccccc1O)C(F)(F)F. The van der Waals surface area contributed by atoms with Gasteiger partial charge in [-0.2, -0.15) is 13.2 Å². The molecule has 0 aliphatic carbocycles. The number of ketones is 1. The quantitative estimate of drug-likeness (QED) is 0.845. The summed E-state index contributed by atoms with van der Waals surface area (Å²) in [5.74, 6) is -3.69.